The van der Waals surface area contributed by atoms with Crippen molar-refractivity contribution in [2.45, 2.75) is 47.9 Å². The van der Waals surface area contributed by atoms with Gasteiger partial charge < -0.3 is 4.74 Å². The molecule has 7 heteroatoms. The lowest BCUT2D eigenvalue weighted by atomic mass is 10.1. The SMILES string of the molecule is CCC(Br)Oc1ccc(S(=O)(=O)c2c(C(C)C)nn3ccccc23)cc1. The highest BCUT2D eigenvalue weighted by molar-refractivity contribution is 9.09. The lowest BCUT2D eigenvalue weighted by Crippen LogP contribution is -2.07. The Kier molecular flexibility index (Phi) is 5.39. The summed E-state index contributed by atoms with van der Waals surface area (Å²) < 4.78 is 33.9. The van der Waals surface area contributed by atoms with Gasteiger partial charge in [0.1, 0.15) is 10.6 Å². The second-order valence-corrected chi connectivity index (χ2v) is 9.22. The molecule has 0 saturated carbocycles. The molecule has 0 aliphatic rings. The Bertz CT molecular complexity index is 1010. The summed E-state index contributed by atoms with van der Waals surface area (Å²) >= 11 is 3.40. The van der Waals surface area contributed by atoms with Crippen LogP contribution in [0.1, 0.15) is 38.8 Å². The van der Waals surface area contributed by atoms with Crippen LogP contribution in [0.15, 0.2) is 58.5 Å². The maximum Gasteiger partial charge on any atom is 0.210 e. The highest BCUT2D eigenvalue weighted by atomic mass is 79.9. The quantitative estimate of drug-likeness (QED) is 0.520. The van der Waals surface area contributed by atoms with Crippen LogP contribution in [0.2, 0.25) is 0 Å². The molecule has 0 N–H and O–H groups in total. The van der Waals surface area contributed by atoms with E-state index in [9.17, 15) is 8.42 Å². The fourth-order valence-corrected chi connectivity index (χ4v) is 4.63. The molecule has 3 rings (SSSR count). The molecule has 0 saturated heterocycles. The highest BCUT2D eigenvalue weighted by Crippen LogP contribution is 2.32. The molecule has 0 fully saturated rings. The van der Waals surface area contributed by atoms with E-state index in [-0.39, 0.29) is 20.7 Å². The molecule has 3 aromatic rings. The molecule has 0 amide bonds. The molecule has 1 atom stereocenters. The van der Waals surface area contributed by atoms with E-state index in [0.29, 0.717) is 17.0 Å². The minimum Gasteiger partial charge on any atom is -0.479 e. The van der Waals surface area contributed by atoms with E-state index in [2.05, 4.69) is 21.0 Å². The van der Waals surface area contributed by atoms with Crippen LogP contribution in [0.25, 0.3) is 5.52 Å². The van der Waals surface area contributed by atoms with Gasteiger partial charge in [-0.25, -0.2) is 12.9 Å². The van der Waals surface area contributed by atoms with Gasteiger partial charge in [-0.2, -0.15) is 5.10 Å². The zero-order valence-corrected chi connectivity index (χ0v) is 17.3. The van der Waals surface area contributed by atoms with Crippen molar-refractivity contribution >= 4 is 31.3 Å². The summed E-state index contributed by atoms with van der Waals surface area (Å²) in [5.41, 5.74) is 1.16. The van der Waals surface area contributed by atoms with E-state index in [1.807, 2.05) is 32.9 Å². The van der Waals surface area contributed by atoms with Crippen LogP contribution >= 0.6 is 15.9 Å². The third kappa shape index (κ3) is 3.50. The third-order valence-corrected chi connectivity index (χ3v) is 6.74. The van der Waals surface area contributed by atoms with E-state index < -0.39 is 9.84 Å². The van der Waals surface area contributed by atoms with Crippen LogP contribution in [0.4, 0.5) is 0 Å². The number of aromatic nitrogens is 2. The van der Waals surface area contributed by atoms with Crippen molar-refractivity contribution < 1.29 is 13.2 Å². The third-order valence-electron chi connectivity index (χ3n) is 4.05. The molecule has 138 valence electrons. The predicted octanol–water partition coefficient (Wildman–Crippen LogP) is 4.80. The van der Waals surface area contributed by atoms with Crippen LogP contribution in [-0.4, -0.2) is 23.0 Å². The van der Waals surface area contributed by atoms with E-state index >= 15 is 0 Å². The van der Waals surface area contributed by atoms with Crippen LogP contribution < -0.4 is 4.74 Å². The number of rotatable bonds is 6. The molecule has 0 aliphatic carbocycles. The fourth-order valence-electron chi connectivity index (χ4n) is 2.69. The first-order valence-electron chi connectivity index (χ1n) is 8.47. The van der Waals surface area contributed by atoms with E-state index in [1.54, 1.807) is 41.0 Å². The minimum absolute atomic E-state index is 0.0130. The first kappa shape index (κ1) is 18.9. The van der Waals surface area contributed by atoms with Crippen molar-refractivity contribution in [3.63, 3.8) is 0 Å². The summed E-state index contributed by atoms with van der Waals surface area (Å²) in [5, 5.41) is 4.38. The van der Waals surface area contributed by atoms with Crippen molar-refractivity contribution in [3.05, 3.63) is 54.4 Å². The largest absolute Gasteiger partial charge is 0.479 e. The number of ether oxygens (including phenoxy) is 1. The molecule has 1 aromatic carbocycles. The molecule has 0 aliphatic heterocycles. The van der Waals surface area contributed by atoms with Gasteiger partial charge in [0.2, 0.25) is 9.84 Å². The van der Waals surface area contributed by atoms with Crippen LogP contribution in [-0.2, 0) is 9.84 Å². The Hall–Kier alpha value is -1.86. The van der Waals surface area contributed by atoms with E-state index in [4.69, 9.17) is 4.74 Å². The van der Waals surface area contributed by atoms with Gasteiger partial charge in [0.25, 0.3) is 0 Å². The molecule has 1 unspecified atom stereocenters. The number of halogens is 1. The van der Waals surface area contributed by atoms with Gasteiger partial charge in [0.15, 0.2) is 5.01 Å². The lowest BCUT2D eigenvalue weighted by molar-refractivity contribution is 0.290. The maximum atomic E-state index is 13.3. The highest BCUT2D eigenvalue weighted by Gasteiger charge is 2.28. The molecule has 0 radical (unpaired) electrons. The summed E-state index contributed by atoms with van der Waals surface area (Å²) in [5.74, 6) is 0.609. The number of benzene rings is 1. The van der Waals surface area contributed by atoms with Crippen LogP contribution in [0.3, 0.4) is 0 Å². The average Bonchev–Trinajstić information content (AvgIpc) is 3.02. The van der Waals surface area contributed by atoms with Gasteiger partial charge in [-0.15, -0.1) is 0 Å². The van der Waals surface area contributed by atoms with Crippen molar-refractivity contribution in [2.24, 2.45) is 0 Å². The van der Waals surface area contributed by atoms with E-state index in [0.717, 1.165) is 6.42 Å². The fraction of sp³-hybridized carbons (Fsp3) is 0.316. The smallest absolute Gasteiger partial charge is 0.210 e. The van der Waals surface area contributed by atoms with Crippen molar-refractivity contribution in [1.29, 1.82) is 0 Å². The Balaban J connectivity index is 2.08. The Morgan fingerprint density at radius 3 is 2.46 bits per heavy atom. The number of pyridine rings is 1. The number of fused-ring (bicyclic) bond motifs is 1. The Labute approximate surface area is 162 Å². The van der Waals surface area contributed by atoms with Gasteiger partial charge in [-0.1, -0.05) is 26.8 Å². The zero-order chi connectivity index (χ0) is 18.9. The standard InChI is InChI=1S/C19H21BrN2O3S/c1-4-17(20)25-14-8-10-15(11-9-14)26(23,24)19-16-7-5-6-12-22(16)21-18(19)13(2)3/h5-13,17H,4H2,1-3H3. The summed E-state index contributed by atoms with van der Waals surface area (Å²) in [7, 11) is -3.70. The summed E-state index contributed by atoms with van der Waals surface area (Å²) in [4.78, 5) is 0.502. The predicted molar refractivity (Wildman–Crippen MR) is 105 cm³/mol. The maximum absolute atomic E-state index is 13.3. The van der Waals surface area contributed by atoms with Crippen molar-refractivity contribution in [3.8, 4) is 5.75 Å². The van der Waals surface area contributed by atoms with Gasteiger partial charge in [0, 0.05) is 6.20 Å². The summed E-state index contributed by atoms with van der Waals surface area (Å²) in [6, 6.07) is 11.9. The zero-order valence-electron chi connectivity index (χ0n) is 14.9. The average molecular weight is 437 g/mol. The molecule has 0 bridgehead atoms. The number of hydrogen-bond acceptors (Lipinski definition) is 4. The molecule has 2 aromatic heterocycles. The number of hydrogen-bond donors (Lipinski definition) is 0. The van der Waals surface area contributed by atoms with Crippen molar-refractivity contribution in [1.82, 2.24) is 9.61 Å². The first-order valence-corrected chi connectivity index (χ1v) is 10.9. The monoisotopic (exact) mass is 436 g/mol. The Morgan fingerprint density at radius 1 is 1.15 bits per heavy atom. The molecular formula is C19H21BrN2O3S. The summed E-state index contributed by atoms with van der Waals surface area (Å²) in [6.07, 6.45) is 2.57. The normalized spacial score (nSPS) is 13.3. The lowest BCUT2D eigenvalue weighted by Gasteiger charge is -2.12. The molecule has 26 heavy (non-hydrogen) atoms. The second kappa shape index (κ2) is 7.40. The molecule has 2 heterocycles. The van der Waals surface area contributed by atoms with Gasteiger partial charge in [-0.3, -0.25) is 0 Å². The number of nitrogens with zero attached hydrogens (tertiary/aromatic N) is 2. The Morgan fingerprint density at radius 2 is 1.85 bits per heavy atom. The van der Waals surface area contributed by atoms with Gasteiger partial charge in [-0.05, 0) is 64.7 Å². The first-order chi connectivity index (χ1) is 12.3. The van der Waals surface area contributed by atoms with Crippen LogP contribution in [0, 0.1) is 0 Å². The number of alkyl halides is 1. The topological polar surface area (TPSA) is 60.7 Å². The van der Waals surface area contributed by atoms with Gasteiger partial charge in [0.05, 0.1) is 16.1 Å². The number of sulfone groups is 1. The van der Waals surface area contributed by atoms with Crippen LogP contribution in [0.5, 0.6) is 5.75 Å². The molecular weight excluding hydrogens is 416 g/mol. The minimum atomic E-state index is -3.70. The summed E-state index contributed by atoms with van der Waals surface area (Å²) in [6.45, 7) is 5.88. The van der Waals surface area contributed by atoms with Crippen molar-refractivity contribution in [2.75, 3.05) is 0 Å². The van der Waals surface area contributed by atoms with E-state index in [1.165, 1.54) is 0 Å². The molecule has 0 spiro atoms. The second-order valence-electron chi connectivity index (χ2n) is 6.31. The molecule has 5 nitrogen and oxygen atoms in total. The van der Waals surface area contributed by atoms with Gasteiger partial charge >= 0.3 is 0 Å².